The molecule has 3 atom stereocenters. The molecule has 27 heavy (non-hydrogen) atoms. The molecule has 1 saturated heterocycles. The van der Waals surface area contributed by atoms with E-state index in [4.69, 9.17) is 0 Å². The minimum Gasteiger partial charge on any atom is -0.272 e. The molecule has 1 N–H and O–H groups in total. The van der Waals surface area contributed by atoms with Gasteiger partial charge in [0, 0.05) is 5.92 Å². The Kier molecular flexibility index (Phi) is 5.28. The molecule has 1 fully saturated rings. The lowest BCUT2D eigenvalue weighted by atomic mass is 9.81. The monoisotopic (exact) mass is 374 g/mol. The average Bonchev–Trinajstić information content (AvgIpc) is 3.16. The van der Waals surface area contributed by atoms with Crippen molar-refractivity contribution in [2.75, 3.05) is 5.75 Å². The van der Waals surface area contributed by atoms with Gasteiger partial charge in [0.25, 0.3) is 0 Å². The van der Waals surface area contributed by atoms with E-state index in [-0.39, 0.29) is 29.7 Å². The highest BCUT2D eigenvalue weighted by molar-refractivity contribution is 7.81. The first-order chi connectivity index (χ1) is 13.3. The van der Waals surface area contributed by atoms with Crippen LogP contribution in [0.25, 0.3) is 0 Å². The summed E-state index contributed by atoms with van der Waals surface area (Å²) in [6, 6.07) is 30.9. The van der Waals surface area contributed by atoms with Crippen molar-refractivity contribution in [1.29, 1.82) is 0 Å². The number of carbonyl (C=O) groups is 1. The van der Waals surface area contributed by atoms with Gasteiger partial charge in [-0.25, -0.2) is 5.43 Å². The molecule has 1 heterocycles. The molecule has 1 aliphatic heterocycles. The summed E-state index contributed by atoms with van der Waals surface area (Å²) in [6.07, 6.45) is 0. The van der Waals surface area contributed by atoms with Gasteiger partial charge in [-0.1, -0.05) is 91.0 Å². The van der Waals surface area contributed by atoms with Crippen LogP contribution in [0.3, 0.4) is 0 Å². The Hall–Kier alpha value is -2.56. The number of hydrazine groups is 1. The third kappa shape index (κ3) is 3.51. The van der Waals surface area contributed by atoms with E-state index in [2.05, 4.69) is 66.6 Å². The van der Waals surface area contributed by atoms with Crippen LogP contribution in [0.2, 0.25) is 0 Å². The number of amides is 1. The van der Waals surface area contributed by atoms with Crippen molar-refractivity contribution in [3.63, 3.8) is 0 Å². The molecule has 0 bridgehead atoms. The van der Waals surface area contributed by atoms with E-state index in [9.17, 15) is 4.79 Å². The zero-order valence-electron chi connectivity index (χ0n) is 14.9. The predicted molar refractivity (Wildman–Crippen MR) is 111 cm³/mol. The fraction of sp³-hybridized carbons (Fsp3) is 0.174. The highest BCUT2D eigenvalue weighted by Gasteiger charge is 2.45. The largest absolute Gasteiger partial charge is 0.272 e. The van der Waals surface area contributed by atoms with Crippen LogP contribution >= 0.6 is 12.6 Å². The van der Waals surface area contributed by atoms with Crippen LogP contribution < -0.4 is 5.43 Å². The van der Waals surface area contributed by atoms with Gasteiger partial charge in [-0.05, 0) is 16.7 Å². The van der Waals surface area contributed by atoms with Crippen molar-refractivity contribution in [2.45, 2.75) is 18.0 Å². The van der Waals surface area contributed by atoms with Crippen molar-refractivity contribution in [3.8, 4) is 0 Å². The Balaban J connectivity index is 1.86. The van der Waals surface area contributed by atoms with Gasteiger partial charge in [0.2, 0.25) is 5.91 Å². The number of carbonyl (C=O) groups excluding carboxylic acids is 1. The van der Waals surface area contributed by atoms with Crippen LogP contribution in [0, 0.1) is 0 Å². The summed E-state index contributed by atoms with van der Waals surface area (Å²) in [6.45, 7) is 0. The molecule has 3 aromatic rings. The molecule has 4 heteroatoms. The molecule has 0 spiro atoms. The van der Waals surface area contributed by atoms with Crippen molar-refractivity contribution in [1.82, 2.24) is 10.4 Å². The van der Waals surface area contributed by atoms with Crippen LogP contribution in [0.1, 0.15) is 34.7 Å². The maximum Gasteiger partial charge on any atom is 0.247 e. The van der Waals surface area contributed by atoms with Gasteiger partial charge in [-0.3, -0.25) is 9.80 Å². The lowest BCUT2D eigenvalue weighted by Gasteiger charge is -2.27. The molecular weight excluding hydrogens is 352 g/mol. The van der Waals surface area contributed by atoms with E-state index >= 15 is 0 Å². The summed E-state index contributed by atoms with van der Waals surface area (Å²) in [7, 11) is 0. The van der Waals surface area contributed by atoms with Gasteiger partial charge in [0.05, 0.1) is 17.8 Å². The Labute approximate surface area is 165 Å². The number of benzene rings is 3. The fourth-order valence-corrected chi connectivity index (χ4v) is 4.11. The maximum atomic E-state index is 12.7. The Bertz CT molecular complexity index is 886. The zero-order chi connectivity index (χ0) is 18.6. The second-order valence-corrected chi connectivity index (χ2v) is 7.05. The first kappa shape index (κ1) is 17.8. The quantitative estimate of drug-likeness (QED) is 0.658. The Morgan fingerprint density at radius 3 is 1.78 bits per heavy atom. The Morgan fingerprint density at radius 2 is 1.26 bits per heavy atom. The molecule has 3 nitrogen and oxygen atoms in total. The summed E-state index contributed by atoms with van der Waals surface area (Å²) >= 11 is 4.25. The van der Waals surface area contributed by atoms with Gasteiger partial charge in [-0.2, -0.15) is 12.6 Å². The minimum atomic E-state index is -0.0987. The number of nitrogens with zero attached hydrogens (tertiary/aromatic N) is 1. The molecule has 4 rings (SSSR count). The molecular formula is C23H22N2OS. The number of nitrogens with one attached hydrogen (secondary N) is 1. The van der Waals surface area contributed by atoms with E-state index in [0.29, 0.717) is 0 Å². The number of hydrogen-bond acceptors (Lipinski definition) is 3. The molecule has 0 aromatic heterocycles. The molecule has 1 amide bonds. The third-order valence-electron chi connectivity index (χ3n) is 5.14. The lowest BCUT2D eigenvalue weighted by molar-refractivity contribution is -0.132. The van der Waals surface area contributed by atoms with Crippen molar-refractivity contribution < 1.29 is 4.79 Å². The van der Waals surface area contributed by atoms with Gasteiger partial charge < -0.3 is 0 Å². The van der Waals surface area contributed by atoms with Crippen LogP contribution in [0.15, 0.2) is 91.0 Å². The van der Waals surface area contributed by atoms with E-state index in [1.165, 1.54) is 11.1 Å². The summed E-state index contributed by atoms with van der Waals surface area (Å²) < 4.78 is 0. The maximum absolute atomic E-state index is 12.7. The van der Waals surface area contributed by atoms with Crippen LogP contribution in [0.5, 0.6) is 0 Å². The first-order valence-corrected chi connectivity index (χ1v) is 9.77. The highest BCUT2D eigenvalue weighted by Crippen LogP contribution is 2.48. The molecule has 3 aromatic carbocycles. The van der Waals surface area contributed by atoms with Crippen molar-refractivity contribution in [2.24, 2.45) is 0 Å². The topological polar surface area (TPSA) is 32.3 Å². The molecule has 0 aliphatic carbocycles. The first-order valence-electron chi connectivity index (χ1n) is 9.13. The molecule has 136 valence electrons. The van der Waals surface area contributed by atoms with E-state index in [1.807, 2.05) is 42.5 Å². The van der Waals surface area contributed by atoms with E-state index in [0.717, 1.165) is 5.56 Å². The molecule has 0 radical (unpaired) electrons. The summed E-state index contributed by atoms with van der Waals surface area (Å²) in [5.74, 6) is 0.241. The number of rotatable bonds is 4. The normalized spacial score (nSPS) is 22.0. The predicted octanol–water partition coefficient (Wildman–Crippen LogP) is 4.53. The van der Waals surface area contributed by atoms with Crippen LogP contribution in [-0.4, -0.2) is 16.7 Å². The molecule has 0 saturated carbocycles. The zero-order valence-corrected chi connectivity index (χ0v) is 15.8. The lowest BCUT2D eigenvalue weighted by Crippen LogP contribution is -2.40. The van der Waals surface area contributed by atoms with Gasteiger partial charge in [0.15, 0.2) is 0 Å². The summed E-state index contributed by atoms with van der Waals surface area (Å²) in [4.78, 5) is 12.7. The van der Waals surface area contributed by atoms with Crippen LogP contribution in [-0.2, 0) is 4.79 Å². The smallest absolute Gasteiger partial charge is 0.247 e. The number of thiol groups is 1. The second kappa shape index (κ2) is 7.99. The Morgan fingerprint density at radius 1 is 0.778 bits per heavy atom. The van der Waals surface area contributed by atoms with Crippen molar-refractivity contribution >= 4 is 18.5 Å². The third-order valence-corrected chi connectivity index (χ3v) is 5.41. The SMILES string of the molecule is O=C(CS)N1NC(c2ccccc2)[C@H](c2ccccc2)[C@@H]1c1ccccc1. The van der Waals surface area contributed by atoms with Crippen molar-refractivity contribution in [3.05, 3.63) is 108 Å². The van der Waals surface area contributed by atoms with E-state index < -0.39 is 0 Å². The molecule has 1 unspecified atom stereocenters. The van der Waals surface area contributed by atoms with Gasteiger partial charge in [-0.15, -0.1) is 0 Å². The van der Waals surface area contributed by atoms with E-state index in [1.54, 1.807) is 5.01 Å². The minimum absolute atomic E-state index is 0.00244. The van der Waals surface area contributed by atoms with Crippen LogP contribution in [0.4, 0.5) is 0 Å². The summed E-state index contributed by atoms with van der Waals surface area (Å²) in [5, 5.41) is 1.78. The fourth-order valence-electron chi connectivity index (χ4n) is 3.96. The van der Waals surface area contributed by atoms with Gasteiger partial charge in [0.1, 0.15) is 0 Å². The summed E-state index contributed by atoms with van der Waals surface area (Å²) in [5.41, 5.74) is 6.99. The van der Waals surface area contributed by atoms with Gasteiger partial charge >= 0.3 is 0 Å². The molecule has 1 aliphatic rings. The highest BCUT2D eigenvalue weighted by atomic mass is 32.1. The average molecular weight is 375 g/mol. The standard InChI is InChI=1S/C23H22N2OS/c26-20(16-27)25-23(19-14-8-3-9-15-19)21(17-10-4-1-5-11-17)22(24-25)18-12-6-2-7-13-18/h1-15,21-24,27H,16H2/t21-,22?,23-/m0/s1. The second-order valence-electron chi connectivity index (χ2n) is 6.73. The number of hydrogen-bond donors (Lipinski definition) is 2.